The number of nitrogens with one attached hydrogen (secondary N) is 2. The molecule has 27 heavy (non-hydrogen) atoms. The summed E-state index contributed by atoms with van der Waals surface area (Å²) < 4.78 is 50.3. The van der Waals surface area contributed by atoms with Gasteiger partial charge in [0.1, 0.15) is 5.82 Å². The average Bonchev–Trinajstić information content (AvgIpc) is 3.11. The molecule has 2 aromatic rings. The molecule has 2 heterocycles. The van der Waals surface area contributed by atoms with E-state index in [1.807, 2.05) is 0 Å². The van der Waals surface area contributed by atoms with E-state index in [-0.39, 0.29) is 5.91 Å². The number of hydrogen-bond donors (Lipinski definition) is 2. The lowest BCUT2D eigenvalue weighted by Crippen LogP contribution is -2.41. The van der Waals surface area contributed by atoms with Gasteiger partial charge in [-0.3, -0.25) is 20.0 Å². The van der Waals surface area contributed by atoms with Crippen molar-refractivity contribution < 1.29 is 27.2 Å². The number of piperidine rings is 1. The van der Waals surface area contributed by atoms with Crippen LogP contribution in [0.15, 0.2) is 24.3 Å². The first-order valence-electron chi connectivity index (χ1n) is 8.09. The van der Waals surface area contributed by atoms with Crippen molar-refractivity contribution in [1.82, 2.24) is 20.1 Å². The summed E-state index contributed by atoms with van der Waals surface area (Å²) in [6, 6.07) is 5.16. The van der Waals surface area contributed by atoms with Gasteiger partial charge in [-0.2, -0.15) is 18.2 Å². The van der Waals surface area contributed by atoms with Crippen molar-refractivity contribution >= 4 is 17.8 Å². The fourth-order valence-corrected chi connectivity index (χ4v) is 2.78. The molecule has 0 unspecified atom stereocenters. The SMILES string of the molecule is O=C(Nc1n[nH]c(C(F)(F)F)n1)C1CCN(C(=O)c2ccc(F)cc2)CC1. The Morgan fingerprint density at radius 2 is 1.78 bits per heavy atom. The Hall–Kier alpha value is -2.98. The topological polar surface area (TPSA) is 91.0 Å². The van der Waals surface area contributed by atoms with Crippen LogP contribution in [0.25, 0.3) is 0 Å². The Kier molecular flexibility index (Phi) is 5.10. The van der Waals surface area contributed by atoms with Gasteiger partial charge in [-0.05, 0) is 37.1 Å². The van der Waals surface area contributed by atoms with Gasteiger partial charge < -0.3 is 4.90 Å². The maximum atomic E-state index is 12.9. The Morgan fingerprint density at radius 3 is 2.33 bits per heavy atom. The molecule has 0 bridgehead atoms. The smallest absolute Gasteiger partial charge is 0.339 e. The van der Waals surface area contributed by atoms with Crippen LogP contribution >= 0.6 is 0 Å². The zero-order chi connectivity index (χ0) is 19.6. The molecule has 2 N–H and O–H groups in total. The average molecular weight is 385 g/mol. The monoisotopic (exact) mass is 385 g/mol. The van der Waals surface area contributed by atoms with Gasteiger partial charge >= 0.3 is 6.18 Å². The van der Waals surface area contributed by atoms with Gasteiger partial charge in [0.05, 0.1) is 0 Å². The molecule has 11 heteroatoms. The van der Waals surface area contributed by atoms with Crippen molar-refractivity contribution in [3.8, 4) is 0 Å². The fraction of sp³-hybridized carbons (Fsp3) is 0.375. The molecule has 2 amide bonds. The van der Waals surface area contributed by atoms with E-state index in [0.29, 0.717) is 31.5 Å². The summed E-state index contributed by atoms with van der Waals surface area (Å²) in [4.78, 5) is 29.3. The first kappa shape index (κ1) is 18.8. The molecule has 144 valence electrons. The molecule has 1 aromatic carbocycles. The van der Waals surface area contributed by atoms with Gasteiger partial charge in [0.25, 0.3) is 5.91 Å². The van der Waals surface area contributed by atoms with Gasteiger partial charge in [0, 0.05) is 24.6 Å². The summed E-state index contributed by atoms with van der Waals surface area (Å²) in [5.74, 6) is -3.43. The highest BCUT2D eigenvalue weighted by molar-refractivity contribution is 5.95. The lowest BCUT2D eigenvalue weighted by atomic mass is 9.95. The molecule has 0 radical (unpaired) electrons. The number of aromatic amines is 1. The van der Waals surface area contributed by atoms with Crippen LogP contribution in [0, 0.1) is 11.7 Å². The highest BCUT2D eigenvalue weighted by Gasteiger charge is 2.36. The molecule has 0 spiro atoms. The molecule has 1 aromatic heterocycles. The van der Waals surface area contributed by atoms with E-state index in [1.54, 1.807) is 10.00 Å². The number of nitrogens with zero attached hydrogens (tertiary/aromatic N) is 3. The molecule has 1 saturated heterocycles. The first-order chi connectivity index (χ1) is 12.7. The molecular formula is C16H15F4N5O2. The van der Waals surface area contributed by atoms with E-state index in [0.717, 1.165) is 0 Å². The predicted octanol–water partition coefficient (Wildman–Crippen LogP) is 2.45. The Bertz CT molecular complexity index is 826. The standard InChI is InChI=1S/C16H15F4N5O2/c17-11-3-1-10(2-4-11)13(27)25-7-5-9(6-8-25)12(26)21-15-22-14(23-24-15)16(18,19)20/h1-4,9H,5-8H2,(H2,21,22,23,24,26). The number of H-pyrrole nitrogens is 1. The normalized spacial score (nSPS) is 15.6. The zero-order valence-corrected chi connectivity index (χ0v) is 13.9. The maximum Gasteiger partial charge on any atom is 0.451 e. The summed E-state index contributed by atoms with van der Waals surface area (Å²) in [6.07, 6.45) is -3.99. The summed E-state index contributed by atoms with van der Waals surface area (Å²) >= 11 is 0. The van der Waals surface area contributed by atoms with Crippen molar-refractivity contribution in [3.05, 3.63) is 41.5 Å². The lowest BCUT2D eigenvalue weighted by molar-refractivity contribution is -0.144. The number of hydrogen-bond acceptors (Lipinski definition) is 4. The number of anilines is 1. The van der Waals surface area contributed by atoms with E-state index in [4.69, 9.17) is 0 Å². The van der Waals surface area contributed by atoms with Gasteiger partial charge in [-0.15, -0.1) is 5.10 Å². The van der Waals surface area contributed by atoms with Crippen LogP contribution in [0.5, 0.6) is 0 Å². The van der Waals surface area contributed by atoms with Crippen LogP contribution in [0.4, 0.5) is 23.5 Å². The Balaban J connectivity index is 1.54. The molecular weight excluding hydrogens is 370 g/mol. The third-order valence-corrected chi connectivity index (χ3v) is 4.23. The van der Waals surface area contributed by atoms with Gasteiger partial charge in [0.2, 0.25) is 17.7 Å². The van der Waals surface area contributed by atoms with Gasteiger partial charge in [-0.25, -0.2) is 4.39 Å². The maximum absolute atomic E-state index is 12.9. The third kappa shape index (κ3) is 4.41. The molecule has 1 fully saturated rings. The minimum absolute atomic E-state index is 0.266. The molecule has 0 aliphatic carbocycles. The minimum atomic E-state index is -4.68. The van der Waals surface area contributed by atoms with Crippen molar-refractivity contribution in [3.63, 3.8) is 0 Å². The molecule has 0 atom stereocenters. The van der Waals surface area contributed by atoms with Gasteiger partial charge in [0.15, 0.2) is 0 Å². The largest absolute Gasteiger partial charge is 0.451 e. The van der Waals surface area contributed by atoms with Crippen LogP contribution in [-0.4, -0.2) is 45.0 Å². The van der Waals surface area contributed by atoms with Crippen LogP contribution in [0.2, 0.25) is 0 Å². The van der Waals surface area contributed by atoms with Crippen LogP contribution in [0.1, 0.15) is 29.0 Å². The summed E-state index contributed by atoms with van der Waals surface area (Å²) in [6.45, 7) is 0.603. The van der Waals surface area contributed by atoms with E-state index in [1.165, 1.54) is 24.3 Å². The number of carbonyl (C=O) groups is 2. The molecule has 3 rings (SSSR count). The number of alkyl halides is 3. The molecule has 1 aliphatic heterocycles. The fourth-order valence-electron chi connectivity index (χ4n) is 2.78. The number of benzene rings is 1. The van der Waals surface area contributed by atoms with Crippen molar-refractivity contribution in [2.24, 2.45) is 5.92 Å². The van der Waals surface area contributed by atoms with Crippen molar-refractivity contribution in [2.75, 3.05) is 18.4 Å². The van der Waals surface area contributed by atoms with Crippen molar-refractivity contribution in [1.29, 1.82) is 0 Å². The predicted molar refractivity (Wildman–Crippen MR) is 85.0 cm³/mol. The summed E-state index contributed by atoms with van der Waals surface area (Å²) in [5, 5.41) is 7.29. The second-order valence-corrected chi connectivity index (χ2v) is 6.07. The van der Waals surface area contributed by atoms with Crippen LogP contribution < -0.4 is 5.32 Å². The zero-order valence-electron chi connectivity index (χ0n) is 13.9. The second-order valence-electron chi connectivity index (χ2n) is 6.07. The number of halogens is 4. The Labute approximate surface area is 150 Å². The van der Waals surface area contributed by atoms with E-state index in [2.05, 4.69) is 15.4 Å². The van der Waals surface area contributed by atoms with E-state index in [9.17, 15) is 27.2 Å². The second kappa shape index (κ2) is 7.33. The number of carbonyl (C=O) groups excluding carboxylic acids is 2. The minimum Gasteiger partial charge on any atom is -0.339 e. The van der Waals surface area contributed by atoms with E-state index < -0.39 is 35.6 Å². The number of rotatable bonds is 3. The quantitative estimate of drug-likeness (QED) is 0.794. The number of likely N-dealkylation sites (tertiary alicyclic amines) is 1. The first-order valence-corrected chi connectivity index (χ1v) is 8.09. The molecule has 0 saturated carbocycles. The molecule has 1 aliphatic rings. The number of amides is 2. The summed E-state index contributed by atoms with van der Waals surface area (Å²) in [5.41, 5.74) is 0.347. The Morgan fingerprint density at radius 1 is 1.15 bits per heavy atom. The lowest BCUT2D eigenvalue weighted by Gasteiger charge is -2.31. The highest BCUT2D eigenvalue weighted by atomic mass is 19.4. The third-order valence-electron chi connectivity index (χ3n) is 4.23. The number of aromatic nitrogens is 3. The van der Waals surface area contributed by atoms with E-state index >= 15 is 0 Å². The summed E-state index contributed by atoms with van der Waals surface area (Å²) in [7, 11) is 0. The van der Waals surface area contributed by atoms with Crippen LogP contribution in [0.3, 0.4) is 0 Å². The van der Waals surface area contributed by atoms with Crippen LogP contribution in [-0.2, 0) is 11.0 Å². The molecule has 7 nitrogen and oxygen atoms in total. The van der Waals surface area contributed by atoms with Crippen molar-refractivity contribution in [2.45, 2.75) is 19.0 Å². The highest BCUT2D eigenvalue weighted by Crippen LogP contribution is 2.26. The van der Waals surface area contributed by atoms with Gasteiger partial charge in [-0.1, -0.05) is 0 Å².